The number of fused-ring (bicyclic) bond motifs is 9. The molecular formula is C56H36N2S. The van der Waals surface area contributed by atoms with Crippen molar-refractivity contribution in [3.8, 4) is 27.9 Å². The highest BCUT2D eigenvalue weighted by Crippen LogP contribution is 2.45. The first-order valence-electron chi connectivity index (χ1n) is 20.2. The molecule has 2 nitrogen and oxygen atoms in total. The fraction of sp³-hybridized carbons (Fsp3) is 0. The van der Waals surface area contributed by atoms with Crippen LogP contribution in [0.2, 0.25) is 0 Å². The topological polar surface area (TPSA) is 8.17 Å². The second kappa shape index (κ2) is 13.6. The van der Waals surface area contributed by atoms with E-state index < -0.39 is 0 Å². The summed E-state index contributed by atoms with van der Waals surface area (Å²) < 4.78 is 5.06. The number of hydrogen-bond donors (Lipinski definition) is 0. The molecule has 0 bridgehead atoms. The Kier molecular flexibility index (Phi) is 7.75. The lowest BCUT2D eigenvalue weighted by molar-refractivity contribution is 1.17. The third-order valence-corrected chi connectivity index (χ3v) is 13.1. The summed E-state index contributed by atoms with van der Waals surface area (Å²) in [4.78, 5) is 2.42. The van der Waals surface area contributed by atoms with E-state index in [1.165, 1.54) is 85.8 Å². The summed E-state index contributed by atoms with van der Waals surface area (Å²) in [6.45, 7) is 0. The van der Waals surface area contributed by atoms with Gasteiger partial charge in [0, 0.05) is 53.7 Å². The van der Waals surface area contributed by atoms with Gasteiger partial charge in [-0.2, -0.15) is 0 Å². The van der Waals surface area contributed by atoms with Gasteiger partial charge in [0.05, 0.1) is 11.0 Å². The van der Waals surface area contributed by atoms with E-state index >= 15 is 0 Å². The maximum atomic E-state index is 2.47. The van der Waals surface area contributed by atoms with E-state index in [2.05, 4.69) is 228 Å². The van der Waals surface area contributed by atoms with Gasteiger partial charge in [0.1, 0.15) is 0 Å². The molecule has 0 amide bonds. The van der Waals surface area contributed by atoms with Crippen molar-refractivity contribution in [1.29, 1.82) is 0 Å². The zero-order valence-corrected chi connectivity index (χ0v) is 32.9. The van der Waals surface area contributed by atoms with E-state index in [0.717, 1.165) is 22.7 Å². The van der Waals surface area contributed by atoms with E-state index in [-0.39, 0.29) is 0 Å². The maximum absolute atomic E-state index is 2.47. The van der Waals surface area contributed by atoms with Crippen molar-refractivity contribution in [2.45, 2.75) is 0 Å². The maximum Gasteiger partial charge on any atom is 0.0547 e. The summed E-state index contributed by atoms with van der Waals surface area (Å²) in [5.41, 5.74) is 11.7. The van der Waals surface area contributed by atoms with Crippen molar-refractivity contribution in [2.24, 2.45) is 0 Å². The highest BCUT2D eigenvalue weighted by molar-refractivity contribution is 7.25. The molecule has 3 heteroatoms. The Balaban J connectivity index is 1.08. The molecule has 276 valence electrons. The zero-order chi connectivity index (χ0) is 38.9. The van der Waals surface area contributed by atoms with Crippen LogP contribution >= 0.6 is 11.3 Å². The first-order chi connectivity index (χ1) is 29.2. The van der Waals surface area contributed by atoms with E-state index in [9.17, 15) is 0 Å². The quantitative estimate of drug-likeness (QED) is 0.164. The van der Waals surface area contributed by atoms with Crippen molar-refractivity contribution in [3.63, 3.8) is 0 Å². The van der Waals surface area contributed by atoms with Gasteiger partial charge in [-0.25, -0.2) is 0 Å². The van der Waals surface area contributed by atoms with Gasteiger partial charge in [-0.3, -0.25) is 0 Å². The van der Waals surface area contributed by atoms with Crippen LogP contribution in [-0.4, -0.2) is 4.57 Å². The molecule has 0 spiro atoms. The first-order valence-corrected chi connectivity index (χ1v) is 21.0. The van der Waals surface area contributed by atoms with Crippen LogP contribution in [0.15, 0.2) is 218 Å². The molecule has 0 saturated carbocycles. The minimum atomic E-state index is 1.10. The lowest BCUT2D eigenvalue weighted by Gasteiger charge is -2.26. The van der Waals surface area contributed by atoms with E-state index in [1.54, 1.807) is 0 Å². The van der Waals surface area contributed by atoms with Crippen LogP contribution in [0.1, 0.15) is 0 Å². The van der Waals surface area contributed by atoms with Crippen LogP contribution in [0.3, 0.4) is 0 Å². The molecule has 0 fully saturated rings. The standard InChI is InChI=1S/C56H36N2S/c1-2-12-37(13-3-1)39-24-26-41(27-25-39)48-21-11-22-51-55(48)56-47-19-7-6-15-40(47)29-33-52(56)58(51)44-18-10-17-43(35-44)57(45-30-28-38-14-4-5-16-42(38)34-45)46-31-32-50-49-20-8-9-23-53(49)59-54(50)36-46/h1-36H. The third kappa shape index (κ3) is 5.55. The van der Waals surface area contributed by atoms with Crippen LogP contribution in [0.25, 0.3) is 91.5 Å². The van der Waals surface area contributed by atoms with E-state index in [0.29, 0.717) is 0 Å². The summed E-state index contributed by atoms with van der Waals surface area (Å²) in [6, 6.07) is 80.0. The normalized spacial score (nSPS) is 11.7. The predicted molar refractivity (Wildman–Crippen MR) is 254 cm³/mol. The molecule has 0 aliphatic rings. The number of rotatable bonds is 6. The summed E-state index contributed by atoms with van der Waals surface area (Å²) in [6.07, 6.45) is 0. The minimum Gasteiger partial charge on any atom is -0.310 e. The molecular weight excluding hydrogens is 733 g/mol. The fourth-order valence-electron chi connectivity index (χ4n) is 9.21. The SMILES string of the molecule is c1ccc(-c2ccc(-c3cccc4c3c3c5ccccc5ccc3n4-c3cccc(N(c4ccc5ccccc5c4)c4ccc5c(c4)sc4ccccc45)c3)cc2)cc1. The second-order valence-corrected chi connectivity index (χ2v) is 16.4. The molecule has 0 N–H and O–H groups in total. The van der Waals surface area contributed by atoms with Gasteiger partial charge in [0.25, 0.3) is 0 Å². The van der Waals surface area contributed by atoms with Crippen LogP contribution in [0.5, 0.6) is 0 Å². The molecule has 0 aliphatic carbocycles. The van der Waals surface area contributed by atoms with Crippen molar-refractivity contribution in [2.75, 3.05) is 4.90 Å². The number of hydrogen-bond acceptors (Lipinski definition) is 2. The van der Waals surface area contributed by atoms with Crippen molar-refractivity contribution < 1.29 is 0 Å². The minimum absolute atomic E-state index is 1.10. The smallest absolute Gasteiger partial charge is 0.0547 e. The van der Waals surface area contributed by atoms with Crippen molar-refractivity contribution in [1.82, 2.24) is 4.57 Å². The number of anilines is 3. The Morgan fingerprint density at radius 2 is 0.966 bits per heavy atom. The van der Waals surface area contributed by atoms with Gasteiger partial charge < -0.3 is 9.47 Å². The highest BCUT2D eigenvalue weighted by atomic mass is 32.1. The zero-order valence-electron chi connectivity index (χ0n) is 32.1. The van der Waals surface area contributed by atoms with E-state index in [1.807, 2.05) is 11.3 Å². The molecule has 0 unspecified atom stereocenters. The molecule has 0 aliphatic heterocycles. The van der Waals surface area contributed by atoms with Gasteiger partial charge in [-0.15, -0.1) is 11.3 Å². The van der Waals surface area contributed by atoms with Crippen LogP contribution in [0.4, 0.5) is 17.1 Å². The van der Waals surface area contributed by atoms with Crippen LogP contribution in [-0.2, 0) is 0 Å². The Morgan fingerprint density at radius 3 is 1.85 bits per heavy atom. The lowest BCUT2D eigenvalue weighted by atomic mass is 9.95. The molecule has 0 atom stereocenters. The second-order valence-electron chi connectivity index (χ2n) is 15.3. The third-order valence-electron chi connectivity index (χ3n) is 11.9. The molecule has 2 aromatic heterocycles. The summed E-state index contributed by atoms with van der Waals surface area (Å²) >= 11 is 1.86. The number of aromatic nitrogens is 1. The van der Waals surface area contributed by atoms with Gasteiger partial charge >= 0.3 is 0 Å². The van der Waals surface area contributed by atoms with Crippen molar-refractivity contribution in [3.05, 3.63) is 218 Å². The van der Waals surface area contributed by atoms with Gasteiger partial charge in [0.15, 0.2) is 0 Å². The average molecular weight is 769 g/mol. The highest BCUT2D eigenvalue weighted by Gasteiger charge is 2.21. The van der Waals surface area contributed by atoms with Crippen molar-refractivity contribution >= 4 is 91.9 Å². The Morgan fingerprint density at radius 1 is 0.339 bits per heavy atom. The van der Waals surface area contributed by atoms with Gasteiger partial charge in [0.2, 0.25) is 0 Å². The Labute approximate surface area is 346 Å². The molecule has 10 aromatic carbocycles. The molecule has 12 rings (SSSR count). The average Bonchev–Trinajstić information content (AvgIpc) is 3.85. The number of benzene rings is 10. The fourth-order valence-corrected chi connectivity index (χ4v) is 10.3. The molecule has 0 saturated heterocycles. The molecule has 59 heavy (non-hydrogen) atoms. The summed E-state index contributed by atoms with van der Waals surface area (Å²) in [5.74, 6) is 0. The molecule has 12 aromatic rings. The largest absolute Gasteiger partial charge is 0.310 e. The monoisotopic (exact) mass is 768 g/mol. The Hall–Kier alpha value is -7.46. The lowest BCUT2D eigenvalue weighted by Crippen LogP contribution is -2.10. The number of nitrogens with zero attached hydrogens (tertiary/aromatic N) is 2. The van der Waals surface area contributed by atoms with Crippen LogP contribution < -0.4 is 4.90 Å². The van der Waals surface area contributed by atoms with Gasteiger partial charge in [-0.1, -0.05) is 158 Å². The van der Waals surface area contributed by atoms with E-state index in [4.69, 9.17) is 0 Å². The molecule has 0 radical (unpaired) electrons. The predicted octanol–water partition coefficient (Wildman–Crippen LogP) is 16.3. The summed E-state index contributed by atoms with van der Waals surface area (Å²) in [7, 11) is 0. The summed E-state index contributed by atoms with van der Waals surface area (Å²) in [5, 5.41) is 10.1. The Bertz CT molecular complexity index is 3560. The molecule has 2 heterocycles. The number of thiophene rings is 1. The first kappa shape index (κ1) is 33.7. The van der Waals surface area contributed by atoms with Gasteiger partial charge in [-0.05, 0) is 104 Å². The van der Waals surface area contributed by atoms with Crippen LogP contribution in [0, 0.1) is 0 Å².